The number of anilines is 1. The minimum atomic E-state index is -3.91. The van der Waals surface area contributed by atoms with E-state index >= 15 is 0 Å². The molecule has 8 nitrogen and oxygen atoms in total. The van der Waals surface area contributed by atoms with Gasteiger partial charge in [0.25, 0.3) is 15.9 Å². The van der Waals surface area contributed by atoms with Gasteiger partial charge in [0.15, 0.2) is 0 Å². The topological polar surface area (TPSA) is 104 Å². The highest BCUT2D eigenvalue weighted by Gasteiger charge is 2.31. The molecule has 0 atom stereocenters. The average molecular weight is 497 g/mol. The molecule has 1 fully saturated rings. The number of H-pyrrole nitrogens is 1. The molecule has 0 radical (unpaired) electrons. The van der Waals surface area contributed by atoms with Crippen molar-refractivity contribution in [3.05, 3.63) is 80.9 Å². The number of aromatic nitrogens is 2. The molecule has 0 unspecified atom stereocenters. The van der Waals surface area contributed by atoms with Gasteiger partial charge in [-0.15, -0.1) is 11.3 Å². The summed E-state index contributed by atoms with van der Waals surface area (Å²) in [6, 6.07) is 16.0. The molecule has 0 spiro atoms. The molecule has 34 heavy (non-hydrogen) atoms. The third kappa shape index (κ3) is 4.14. The lowest BCUT2D eigenvalue weighted by atomic mass is 10.0. The minimum Gasteiger partial charge on any atom is -0.338 e. The second-order valence-electron chi connectivity index (χ2n) is 8.43. The SMILES string of the molecule is Cc1ccc(NS(=O)(=O)c2ccsc2C(=O)N2CCC(n3c(=O)[nH]c4ccccc43)CC2)cc1. The number of nitrogens with one attached hydrogen (secondary N) is 2. The van der Waals surface area contributed by atoms with Crippen LogP contribution in [0.2, 0.25) is 0 Å². The average Bonchev–Trinajstić information content (AvgIpc) is 3.45. The summed E-state index contributed by atoms with van der Waals surface area (Å²) in [4.78, 5) is 30.5. The lowest BCUT2D eigenvalue weighted by molar-refractivity contribution is 0.0696. The number of imidazole rings is 1. The zero-order valence-corrected chi connectivity index (χ0v) is 20.2. The molecule has 10 heteroatoms. The van der Waals surface area contributed by atoms with Crippen molar-refractivity contribution in [2.75, 3.05) is 17.8 Å². The molecule has 3 heterocycles. The second kappa shape index (κ2) is 8.77. The molecule has 2 aromatic carbocycles. The van der Waals surface area contributed by atoms with Crippen molar-refractivity contribution in [3.63, 3.8) is 0 Å². The summed E-state index contributed by atoms with van der Waals surface area (Å²) >= 11 is 1.12. The quantitative estimate of drug-likeness (QED) is 0.436. The van der Waals surface area contributed by atoms with E-state index < -0.39 is 10.0 Å². The molecule has 176 valence electrons. The number of likely N-dealkylation sites (tertiary alicyclic amines) is 1. The number of carbonyl (C=O) groups excluding carboxylic acids is 1. The molecular formula is C24H24N4O4S2. The van der Waals surface area contributed by atoms with Gasteiger partial charge in [-0.1, -0.05) is 29.8 Å². The lowest BCUT2D eigenvalue weighted by Gasteiger charge is -2.32. The standard InChI is InChI=1S/C24H24N4O4S2/c1-16-6-8-17(9-7-16)26-34(31,32)21-12-15-33-22(21)23(29)27-13-10-18(11-14-27)28-20-5-3-2-4-19(20)25-24(28)30/h2-9,12,15,18,26H,10-11,13-14H2,1H3,(H,25,30). The van der Waals surface area contributed by atoms with Crippen molar-refractivity contribution in [3.8, 4) is 0 Å². The van der Waals surface area contributed by atoms with Crippen molar-refractivity contribution in [1.29, 1.82) is 0 Å². The third-order valence-corrected chi connectivity index (χ3v) is 8.61. The van der Waals surface area contributed by atoms with E-state index in [1.807, 2.05) is 43.3 Å². The summed E-state index contributed by atoms with van der Waals surface area (Å²) in [5.41, 5.74) is 2.96. The minimum absolute atomic E-state index is 0.0157. The Hall–Kier alpha value is -3.37. The van der Waals surface area contributed by atoms with E-state index in [0.717, 1.165) is 27.9 Å². The predicted molar refractivity (Wildman–Crippen MR) is 133 cm³/mol. The van der Waals surface area contributed by atoms with Crippen molar-refractivity contribution >= 4 is 44.0 Å². The van der Waals surface area contributed by atoms with Crippen LogP contribution in [0.1, 0.15) is 34.1 Å². The molecule has 0 aliphatic carbocycles. The third-order valence-electron chi connectivity index (χ3n) is 6.16. The Labute approximate surface area is 200 Å². The fraction of sp³-hybridized carbons (Fsp3) is 0.250. The summed E-state index contributed by atoms with van der Waals surface area (Å²) in [7, 11) is -3.91. The number of piperidine rings is 1. The maximum Gasteiger partial charge on any atom is 0.326 e. The van der Waals surface area contributed by atoms with Gasteiger partial charge in [0.05, 0.1) is 11.0 Å². The molecule has 4 aromatic rings. The van der Waals surface area contributed by atoms with Gasteiger partial charge in [0.2, 0.25) is 0 Å². The van der Waals surface area contributed by atoms with Crippen LogP contribution in [-0.4, -0.2) is 41.9 Å². The van der Waals surface area contributed by atoms with E-state index in [4.69, 9.17) is 0 Å². The summed E-state index contributed by atoms with van der Waals surface area (Å²) in [5.74, 6) is -0.302. The highest BCUT2D eigenvalue weighted by atomic mass is 32.2. The van der Waals surface area contributed by atoms with E-state index in [-0.39, 0.29) is 27.4 Å². The Balaban J connectivity index is 1.32. The lowest BCUT2D eigenvalue weighted by Crippen LogP contribution is -2.40. The first-order chi connectivity index (χ1) is 16.3. The van der Waals surface area contributed by atoms with Crippen LogP contribution >= 0.6 is 11.3 Å². The van der Waals surface area contributed by atoms with E-state index in [1.165, 1.54) is 6.07 Å². The van der Waals surface area contributed by atoms with Gasteiger partial charge in [-0.25, -0.2) is 13.2 Å². The van der Waals surface area contributed by atoms with Gasteiger partial charge in [0, 0.05) is 24.8 Å². The predicted octanol–water partition coefficient (Wildman–Crippen LogP) is 3.98. The van der Waals surface area contributed by atoms with E-state index in [0.29, 0.717) is 31.6 Å². The Morgan fingerprint density at radius 3 is 2.50 bits per heavy atom. The molecule has 5 rings (SSSR count). The molecule has 0 bridgehead atoms. The first-order valence-electron chi connectivity index (χ1n) is 11.0. The van der Waals surface area contributed by atoms with Crippen molar-refractivity contribution in [2.24, 2.45) is 0 Å². The number of thiophene rings is 1. The number of benzene rings is 2. The number of hydrogen-bond donors (Lipinski definition) is 2. The maximum absolute atomic E-state index is 13.3. The monoisotopic (exact) mass is 496 g/mol. The molecule has 0 saturated carbocycles. The van der Waals surface area contributed by atoms with Crippen LogP contribution in [-0.2, 0) is 10.0 Å². The van der Waals surface area contributed by atoms with Gasteiger partial charge in [-0.2, -0.15) is 0 Å². The maximum atomic E-state index is 13.3. The highest BCUT2D eigenvalue weighted by molar-refractivity contribution is 7.93. The summed E-state index contributed by atoms with van der Waals surface area (Å²) < 4.78 is 30.3. The van der Waals surface area contributed by atoms with Gasteiger partial charge in [-0.05, 0) is 55.5 Å². The van der Waals surface area contributed by atoms with E-state index in [1.54, 1.807) is 27.0 Å². The number of aromatic amines is 1. The first kappa shape index (κ1) is 22.4. The zero-order valence-electron chi connectivity index (χ0n) is 18.5. The zero-order chi connectivity index (χ0) is 23.9. The van der Waals surface area contributed by atoms with E-state index in [9.17, 15) is 18.0 Å². The number of amides is 1. The van der Waals surface area contributed by atoms with Crippen LogP contribution in [0.5, 0.6) is 0 Å². The van der Waals surface area contributed by atoms with Gasteiger partial charge >= 0.3 is 5.69 Å². The number of carbonyl (C=O) groups is 1. The molecule has 1 saturated heterocycles. The number of para-hydroxylation sites is 2. The Bertz CT molecular complexity index is 1510. The summed E-state index contributed by atoms with van der Waals surface area (Å²) in [6.45, 7) is 2.81. The molecule has 1 aliphatic heterocycles. The van der Waals surface area contributed by atoms with Crippen molar-refractivity contribution in [1.82, 2.24) is 14.5 Å². The molecule has 1 aliphatic rings. The van der Waals surface area contributed by atoms with Crippen molar-refractivity contribution in [2.45, 2.75) is 30.7 Å². The van der Waals surface area contributed by atoms with Gasteiger partial charge in [-0.3, -0.25) is 14.1 Å². The summed E-state index contributed by atoms with van der Waals surface area (Å²) in [5, 5.41) is 1.62. The highest BCUT2D eigenvalue weighted by Crippen LogP contribution is 2.29. The Morgan fingerprint density at radius 1 is 1.06 bits per heavy atom. The number of rotatable bonds is 5. The summed E-state index contributed by atoms with van der Waals surface area (Å²) in [6.07, 6.45) is 1.23. The van der Waals surface area contributed by atoms with E-state index in [2.05, 4.69) is 9.71 Å². The molecular weight excluding hydrogens is 472 g/mol. The Kier molecular flexibility index (Phi) is 5.78. The van der Waals surface area contributed by atoms with Crippen LogP contribution in [0.15, 0.2) is 69.7 Å². The number of fused-ring (bicyclic) bond motifs is 1. The number of aryl methyl sites for hydroxylation is 1. The van der Waals surface area contributed by atoms with Crippen LogP contribution < -0.4 is 10.4 Å². The smallest absolute Gasteiger partial charge is 0.326 e. The largest absolute Gasteiger partial charge is 0.338 e. The van der Waals surface area contributed by atoms with Crippen LogP contribution in [0.25, 0.3) is 11.0 Å². The van der Waals surface area contributed by atoms with Crippen LogP contribution in [0.4, 0.5) is 5.69 Å². The first-order valence-corrected chi connectivity index (χ1v) is 13.4. The number of hydrogen-bond acceptors (Lipinski definition) is 5. The Morgan fingerprint density at radius 2 is 1.76 bits per heavy atom. The van der Waals surface area contributed by atoms with Gasteiger partial charge < -0.3 is 9.88 Å². The number of sulfonamides is 1. The van der Waals surface area contributed by atoms with Crippen molar-refractivity contribution < 1.29 is 13.2 Å². The fourth-order valence-corrected chi connectivity index (χ4v) is 6.85. The fourth-order valence-electron chi connectivity index (χ4n) is 4.40. The van der Waals surface area contributed by atoms with Gasteiger partial charge in [0.1, 0.15) is 9.77 Å². The molecule has 1 amide bonds. The normalized spacial score (nSPS) is 15.0. The number of nitrogens with zero attached hydrogens (tertiary/aromatic N) is 2. The van der Waals surface area contributed by atoms with Crippen LogP contribution in [0, 0.1) is 6.92 Å². The van der Waals surface area contributed by atoms with Crippen LogP contribution in [0.3, 0.4) is 0 Å². The molecule has 2 aromatic heterocycles. The molecule has 2 N–H and O–H groups in total. The second-order valence-corrected chi connectivity index (χ2v) is 11.0.